The number of rotatable bonds is 6. The Morgan fingerprint density at radius 1 is 1.23 bits per heavy atom. The number of hydrogen-bond acceptors (Lipinski definition) is 6. The summed E-state index contributed by atoms with van der Waals surface area (Å²) in [4.78, 5) is 17.3. The Morgan fingerprint density at radius 3 is 2.80 bits per heavy atom. The van der Waals surface area contributed by atoms with E-state index < -0.39 is 0 Å². The van der Waals surface area contributed by atoms with E-state index in [1.807, 2.05) is 28.7 Å². The van der Waals surface area contributed by atoms with Crippen LogP contribution in [-0.2, 0) is 4.79 Å². The number of benzene rings is 2. The van der Waals surface area contributed by atoms with Gasteiger partial charge in [0.1, 0.15) is 16.6 Å². The van der Waals surface area contributed by atoms with Gasteiger partial charge >= 0.3 is 0 Å². The highest BCUT2D eigenvalue weighted by Gasteiger charge is 2.18. The number of hydrogen-bond donors (Lipinski definition) is 1. The molecule has 30 heavy (non-hydrogen) atoms. The van der Waals surface area contributed by atoms with Gasteiger partial charge in [0.15, 0.2) is 5.65 Å². The largest absolute Gasteiger partial charge is 0.495 e. The number of carbonyl (C=O) groups excluding carboxylic acids is 1. The van der Waals surface area contributed by atoms with E-state index in [0.717, 1.165) is 16.9 Å². The zero-order valence-corrected chi connectivity index (χ0v) is 18.3. The van der Waals surface area contributed by atoms with Crippen LogP contribution in [0.25, 0.3) is 16.7 Å². The standard InChI is InChI=1S/C21H20ClN5O2S/c1-12(2)19-25-26-20-21(24-14-6-4-5-7-16(14)27(19)20)30-11-18(28)23-15-10-13(22)8-9-17(15)29-3/h4-10,12H,11H2,1-3H3,(H,23,28). The predicted molar refractivity (Wildman–Crippen MR) is 120 cm³/mol. The van der Waals surface area contributed by atoms with Crippen LogP contribution < -0.4 is 10.1 Å². The second-order valence-corrected chi connectivity index (χ2v) is 8.36. The molecule has 0 saturated heterocycles. The molecule has 0 atom stereocenters. The van der Waals surface area contributed by atoms with E-state index in [1.165, 1.54) is 11.8 Å². The van der Waals surface area contributed by atoms with Crippen LogP contribution in [0.2, 0.25) is 5.02 Å². The monoisotopic (exact) mass is 441 g/mol. The molecule has 0 aliphatic carbocycles. The van der Waals surface area contributed by atoms with E-state index in [4.69, 9.17) is 21.3 Å². The van der Waals surface area contributed by atoms with Crippen molar-refractivity contribution in [2.75, 3.05) is 18.2 Å². The molecule has 1 N–H and O–H groups in total. The first-order valence-corrected chi connectivity index (χ1v) is 10.7. The van der Waals surface area contributed by atoms with Crippen molar-refractivity contribution in [1.82, 2.24) is 19.6 Å². The number of anilines is 1. The van der Waals surface area contributed by atoms with Crippen molar-refractivity contribution in [3.8, 4) is 5.75 Å². The molecular weight excluding hydrogens is 422 g/mol. The Hall–Kier alpha value is -2.84. The summed E-state index contributed by atoms with van der Waals surface area (Å²) in [5, 5.41) is 12.7. The number of nitrogens with zero attached hydrogens (tertiary/aromatic N) is 4. The summed E-state index contributed by atoms with van der Waals surface area (Å²) in [5.74, 6) is 1.56. The van der Waals surface area contributed by atoms with Crippen molar-refractivity contribution in [1.29, 1.82) is 0 Å². The van der Waals surface area contributed by atoms with Crippen LogP contribution in [-0.4, -0.2) is 38.4 Å². The lowest BCUT2D eigenvalue weighted by atomic mass is 10.2. The van der Waals surface area contributed by atoms with Crippen LogP contribution in [0.1, 0.15) is 25.6 Å². The fourth-order valence-electron chi connectivity index (χ4n) is 3.15. The molecule has 0 bridgehead atoms. The maximum Gasteiger partial charge on any atom is 0.234 e. The van der Waals surface area contributed by atoms with Crippen LogP contribution in [0, 0.1) is 0 Å². The molecule has 0 unspecified atom stereocenters. The Labute approximate surface area is 182 Å². The molecule has 0 aliphatic rings. The second-order valence-electron chi connectivity index (χ2n) is 6.96. The minimum absolute atomic E-state index is 0.153. The number of nitrogens with one attached hydrogen (secondary N) is 1. The van der Waals surface area contributed by atoms with Gasteiger partial charge in [-0.2, -0.15) is 0 Å². The van der Waals surface area contributed by atoms with E-state index in [2.05, 4.69) is 29.4 Å². The Morgan fingerprint density at radius 2 is 2.03 bits per heavy atom. The van der Waals surface area contributed by atoms with Crippen molar-refractivity contribution in [2.45, 2.75) is 24.8 Å². The van der Waals surface area contributed by atoms with Gasteiger partial charge in [-0.25, -0.2) is 4.98 Å². The normalized spacial score (nSPS) is 11.4. The fourth-order valence-corrected chi connectivity index (χ4v) is 4.08. The zero-order chi connectivity index (χ0) is 21.3. The van der Waals surface area contributed by atoms with Crippen LogP contribution in [0.4, 0.5) is 5.69 Å². The third-order valence-electron chi connectivity index (χ3n) is 4.52. The lowest BCUT2D eigenvalue weighted by Crippen LogP contribution is -2.15. The lowest BCUT2D eigenvalue weighted by Gasteiger charge is -2.11. The van der Waals surface area contributed by atoms with E-state index in [0.29, 0.717) is 27.1 Å². The molecule has 0 saturated carbocycles. The van der Waals surface area contributed by atoms with Gasteiger partial charge in [-0.15, -0.1) is 10.2 Å². The molecular formula is C21H20ClN5O2S. The van der Waals surface area contributed by atoms with Gasteiger partial charge in [-0.05, 0) is 30.3 Å². The molecule has 9 heteroatoms. The SMILES string of the molecule is COc1ccc(Cl)cc1NC(=O)CSc1nc2ccccc2n2c(C(C)C)nnc12. The van der Waals surface area contributed by atoms with Gasteiger partial charge in [0, 0.05) is 10.9 Å². The maximum absolute atomic E-state index is 12.6. The van der Waals surface area contributed by atoms with Crippen molar-refractivity contribution in [3.05, 3.63) is 53.3 Å². The topological polar surface area (TPSA) is 81.4 Å². The predicted octanol–water partition coefficient (Wildman–Crippen LogP) is 4.79. The maximum atomic E-state index is 12.6. The van der Waals surface area contributed by atoms with Crippen LogP contribution >= 0.6 is 23.4 Å². The van der Waals surface area contributed by atoms with E-state index in [-0.39, 0.29) is 17.6 Å². The van der Waals surface area contributed by atoms with E-state index >= 15 is 0 Å². The van der Waals surface area contributed by atoms with E-state index in [1.54, 1.807) is 25.3 Å². The molecule has 4 aromatic rings. The van der Waals surface area contributed by atoms with Crippen molar-refractivity contribution in [3.63, 3.8) is 0 Å². The van der Waals surface area contributed by atoms with E-state index in [9.17, 15) is 4.79 Å². The average molecular weight is 442 g/mol. The molecule has 2 heterocycles. The molecule has 2 aromatic heterocycles. The number of fused-ring (bicyclic) bond motifs is 3. The first-order valence-electron chi connectivity index (χ1n) is 9.38. The molecule has 0 radical (unpaired) electrons. The average Bonchev–Trinajstić information content (AvgIpc) is 3.18. The Kier molecular flexibility index (Phi) is 5.78. The number of methoxy groups -OCH3 is 1. The highest BCUT2D eigenvalue weighted by Crippen LogP contribution is 2.30. The lowest BCUT2D eigenvalue weighted by molar-refractivity contribution is -0.113. The summed E-state index contributed by atoms with van der Waals surface area (Å²) in [5.41, 5.74) is 2.94. The molecule has 4 rings (SSSR count). The summed E-state index contributed by atoms with van der Waals surface area (Å²) in [6.07, 6.45) is 0. The molecule has 0 fully saturated rings. The fraction of sp³-hybridized carbons (Fsp3) is 0.238. The molecule has 0 spiro atoms. The van der Waals surface area contributed by atoms with Gasteiger partial charge in [-0.3, -0.25) is 9.20 Å². The Bertz CT molecular complexity index is 1240. The van der Waals surface area contributed by atoms with Crippen LogP contribution in [0.3, 0.4) is 0 Å². The Balaban J connectivity index is 1.63. The van der Waals surface area contributed by atoms with Crippen molar-refractivity contribution < 1.29 is 9.53 Å². The first kappa shape index (κ1) is 20.4. The molecule has 7 nitrogen and oxygen atoms in total. The number of ether oxygens (including phenoxy) is 1. The van der Waals surface area contributed by atoms with Gasteiger partial charge in [-0.1, -0.05) is 49.3 Å². The third kappa shape index (κ3) is 3.93. The molecule has 2 aromatic carbocycles. The highest BCUT2D eigenvalue weighted by atomic mass is 35.5. The smallest absolute Gasteiger partial charge is 0.234 e. The highest BCUT2D eigenvalue weighted by molar-refractivity contribution is 8.00. The molecule has 0 aliphatic heterocycles. The van der Waals surface area contributed by atoms with Crippen molar-refractivity contribution >= 4 is 51.6 Å². The quantitative estimate of drug-likeness (QED) is 0.433. The summed E-state index contributed by atoms with van der Waals surface area (Å²) in [6.45, 7) is 4.15. The molecule has 1 amide bonds. The van der Waals surface area contributed by atoms with Gasteiger partial charge < -0.3 is 10.1 Å². The summed E-state index contributed by atoms with van der Waals surface area (Å²) in [7, 11) is 1.54. The number of halogens is 1. The van der Waals surface area contributed by atoms with Crippen molar-refractivity contribution in [2.24, 2.45) is 0 Å². The summed E-state index contributed by atoms with van der Waals surface area (Å²) < 4.78 is 7.30. The minimum atomic E-state index is -0.197. The van der Waals surface area contributed by atoms with Gasteiger partial charge in [0.2, 0.25) is 5.91 Å². The van der Waals surface area contributed by atoms with Crippen LogP contribution in [0.5, 0.6) is 5.75 Å². The van der Waals surface area contributed by atoms with Crippen LogP contribution in [0.15, 0.2) is 47.5 Å². The van der Waals surface area contributed by atoms with Gasteiger partial charge in [0.25, 0.3) is 0 Å². The summed E-state index contributed by atoms with van der Waals surface area (Å²) >= 11 is 7.35. The minimum Gasteiger partial charge on any atom is -0.495 e. The second kappa shape index (κ2) is 8.49. The third-order valence-corrected chi connectivity index (χ3v) is 5.70. The molecule has 154 valence electrons. The summed E-state index contributed by atoms with van der Waals surface area (Å²) in [6, 6.07) is 12.9. The zero-order valence-electron chi connectivity index (χ0n) is 16.7. The number of carbonyl (C=O) groups is 1. The number of aromatic nitrogens is 4. The number of amides is 1. The van der Waals surface area contributed by atoms with Gasteiger partial charge in [0.05, 0.1) is 29.6 Å². The number of para-hydroxylation sites is 2. The number of thioether (sulfide) groups is 1. The first-order chi connectivity index (χ1) is 14.5.